The number of ether oxygens (including phenoxy) is 2. The van der Waals surface area contributed by atoms with Crippen LogP contribution in [0, 0.1) is 5.82 Å². The van der Waals surface area contributed by atoms with Crippen LogP contribution >= 0.6 is 11.6 Å². The Morgan fingerprint density at radius 3 is 2.47 bits per heavy atom. The van der Waals surface area contributed by atoms with Gasteiger partial charge in [0.05, 0.1) is 5.02 Å². The number of hydrogen-bond donors (Lipinski definition) is 0. The van der Waals surface area contributed by atoms with E-state index in [4.69, 9.17) is 21.1 Å². The second-order valence-corrected chi connectivity index (χ2v) is 3.72. The average molecular weight is 259 g/mol. The number of rotatable bonds is 6. The highest BCUT2D eigenvalue weighted by Crippen LogP contribution is 2.17. The van der Waals surface area contributed by atoms with Gasteiger partial charge in [-0.15, -0.1) is 0 Å². The van der Waals surface area contributed by atoms with Crippen LogP contribution in [0.5, 0.6) is 0 Å². The van der Waals surface area contributed by atoms with Crippen molar-refractivity contribution in [3.05, 3.63) is 40.7 Å². The van der Waals surface area contributed by atoms with Gasteiger partial charge in [-0.05, 0) is 37.6 Å². The van der Waals surface area contributed by atoms with Crippen molar-refractivity contribution >= 4 is 17.7 Å². The van der Waals surface area contributed by atoms with Gasteiger partial charge < -0.3 is 9.47 Å². The SMILES string of the molecule is CCOC(/C=C/c1ccc(F)c(Cl)c1)OCC. The molecule has 17 heavy (non-hydrogen) atoms. The molecule has 0 saturated carbocycles. The molecule has 0 aromatic heterocycles. The summed E-state index contributed by atoms with van der Waals surface area (Å²) in [5.41, 5.74) is 0.806. The van der Waals surface area contributed by atoms with E-state index in [1.165, 1.54) is 6.07 Å². The summed E-state index contributed by atoms with van der Waals surface area (Å²) in [6.45, 7) is 4.93. The van der Waals surface area contributed by atoms with Gasteiger partial charge in [0.1, 0.15) is 5.82 Å². The molecule has 2 nitrogen and oxygen atoms in total. The summed E-state index contributed by atoms with van der Waals surface area (Å²) in [6, 6.07) is 4.54. The van der Waals surface area contributed by atoms with Crippen molar-refractivity contribution in [3.8, 4) is 0 Å². The van der Waals surface area contributed by atoms with Crippen LogP contribution in [0.3, 0.4) is 0 Å². The van der Waals surface area contributed by atoms with Gasteiger partial charge in [-0.2, -0.15) is 0 Å². The van der Waals surface area contributed by atoms with E-state index >= 15 is 0 Å². The van der Waals surface area contributed by atoms with E-state index in [9.17, 15) is 4.39 Å². The van der Waals surface area contributed by atoms with Crippen LogP contribution < -0.4 is 0 Å². The maximum Gasteiger partial charge on any atom is 0.177 e. The molecule has 0 atom stereocenters. The lowest BCUT2D eigenvalue weighted by molar-refractivity contribution is -0.103. The third-order valence-electron chi connectivity index (χ3n) is 2.05. The van der Waals surface area contributed by atoms with E-state index in [0.717, 1.165) is 5.56 Å². The molecule has 0 aliphatic rings. The van der Waals surface area contributed by atoms with Crippen molar-refractivity contribution in [1.29, 1.82) is 0 Å². The van der Waals surface area contributed by atoms with Gasteiger partial charge in [0, 0.05) is 13.2 Å². The highest BCUT2D eigenvalue weighted by molar-refractivity contribution is 6.30. The summed E-state index contributed by atoms with van der Waals surface area (Å²) in [7, 11) is 0. The van der Waals surface area contributed by atoms with E-state index in [1.807, 2.05) is 13.8 Å². The Balaban J connectivity index is 2.69. The first-order valence-electron chi connectivity index (χ1n) is 5.53. The normalized spacial score (nSPS) is 11.6. The van der Waals surface area contributed by atoms with Gasteiger partial charge in [-0.3, -0.25) is 0 Å². The summed E-state index contributed by atoms with van der Waals surface area (Å²) in [4.78, 5) is 0. The number of benzene rings is 1. The summed E-state index contributed by atoms with van der Waals surface area (Å²) >= 11 is 5.68. The topological polar surface area (TPSA) is 18.5 Å². The van der Waals surface area contributed by atoms with Crippen LogP contribution in [0.15, 0.2) is 24.3 Å². The molecule has 0 radical (unpaired) electrons. The lowest BCUT2D eigenvalue weighted by atomic mass is 10.2. The Kier molecular flexibility index (Phi) is 6.19. The minimum Gasteiger partial charge on any atom is -0.349 e. The van der Waals surface area contributed by atoms with Crippen LogP contribution in [-0.2, 0) is 9.47 Å². The van der Waals surface area contributed by atoms with Crippen LogP contribution in [0.4, 0.5) is 4.39 Å². The lowest BCUT2D eigenvalue weighted by Crippen LogP contribution is -2.13. The first kappa shape index (κ1) is 14.2. The Labute approximate surface area is 106 Å². The van der Waals surface area contributed by atoms with E-state index in [0.29, 0.717) is 13.2 Å². The summed E-state index contributed by atoms with van der Waals surface area (Å²) in [6.07, 6.45) is 3.19. The van der Waals surface area contributed by atoms with E-state index in [1.54, 1.807) is 24.3 Å². The zero-order chi connectivity index (χ0) is 12.7. The lowest BCUT2D eigenvalue weighted by Gasteiger charge is -2.12. The molecule has 4 heteroatoms. The van der Waals surface area contributed by atoms with Crippen molar-refractivity contribution in [1.82, 2.24) is 0 Å². The maximum absolute atomic E-state index is 12.9. The van der Waals surface area contributed by atoms with Crippen molar-refractivity contribution in [2.45, 2.75) is 20.1 Å². The first-order chi connectivity index (χ1) is 8.17. The van der Waals surface area contributed by atoms with Crippen LogP contribution in [-0.4, -0.2) is 19.5 Å². The van der Waals surface area contributed by atoms with E-state index in [2.05, 4.69) is 0 Å². The van der Waals surface area contributed by atoms with Crippen molar-refractivity contribution in [2.24, 2.45) is 0 Å². The maximum atomic E-state index is 12.9. The molecular formula is C13H16ClFO2. The van der Waals surface area contributed by atoms with Crippen molar-refractivity contribution < 1.29 is 13.9 Å². The second-order valence-electron chi connectivity index (χ2n) is 3.31. The van der Waals surface area contributed by atoms with Gasteiger partial charge in [0.15, 0.2) is 6.29 Å². The van der Waals surface area contributed by atoms with Gasteiger partial charge in [0.2, 0.25) is 0 Å². The third-order valence-corrected chi connectivity index (χ3v) is 2.34. The number of halogens is 2. The van der Waals surface area contributed by atoms with E-state index in [-0.39, 0.29) is 11.3 Å². The molecule has 1 rings (SSSR count). The largest absolute Gasteiger partial charge is 0.349 e. The van der Waals surface area contributed by atoms with Gasteiger partial charge in [-0.1, -0.05) is 23.7 Å². The fourth-order valence-electron chi connectivity index (χ4n) is 1.29. The molecule has 1 aromatic carbocycles. The minimum atomic E-state index is -0.421. The smallest absolute Gasteiger partial charge is 0.177 e. The first-order valence-corrected chi connectivity index (χ1v) is 5.91. The Morgan fingerprint density at radius 2 is 1.94 bits per heavy atom. The molecule has 0 aliphatic carbocycles. The molecule has 0 amide bonds. The molecule has 0 N–H and O–H groups in total. The molecule has 0 aliphatic heterocycles. The fraction of sp³-hybridized carbons (Fsp3) is 0.385. The molecule has 0 spiro atoms. The predicted octanol–water partition coefficient (Wildman–Crippen LogP) is 3.89. The monoisotopic (exact) mass is 258 g/mol. The second kappa shape index (κ2) is 7.43. The van der Waals surface area contributed by atoms with E-state index < -0.39 is 5.82 Å². The predicted molar refractivity (Wildman–Crippen MR) is 67.5 cm³/mol. The molecule has 1 aromatic rings. The van der Waals surface area contributed by atoms with Crippen molar-refractivity contribution in [3.63, 3.8) is 0 Å². The summed E-state index contributed by atoms with van der Waals surface area (Å²) in [5.74, 6) is -0.421. The van der Waals surface area contributed by atoms with Gasteiger partial charge >= 0.3 is 0 Å². The van der Waals surface area contributed by atoms with Crippen molar-refractivity contribution in [2.75, 3.05) is 13.2 Å². The standard InChI is InChI=1S/C13H16ClFO2/c1-3-16-13(17-4-2)8-6-10-5-7-12(15)11(14)9-10/h5-9,13H,3-4H2,1-2H3/b8-6+. The highest BCUT2D eigenvalue weighted by Gasteiger charge is 2.03. The third kappa shape index (κ3) is 4.86. The minimum absolute atomic E-state index is 0.108. The Morgan fingerprint density at radius 1 is 1.29 bits per heavy atom. The van der Waals surface area contributed by atoms with Crippen LogP contribution in [0.2, 0.25) is 5.02 Å². The van der Waals surface area contributed by atoms with Gasteiger partial charge in [0.25, 0.3) is 0 Å². The quantitative estimate of drug-likeness (QED) is 0.721. The molecule has 0 saturated heterocycles. The molecule has 0 bridgehead atoms. The fourth-order valence-corrected chi connectivity index (χ4v) is 1.48. The molecule has 0 heterocycles. The zero-order valence-electron chi connectivity index (χ0n) is 9.95. The number of hydrogen-bond acceptors (Lipinski definition) is 2. The molecular weight excluding hydrogens is 243 g/mol. The summed E-state index contributed by atoms with van der Waals surface area (Å²) in [5, 5.41) is 0.108. The molecule has 0 fully saturated rings. The molecule has 0 unspecified atom stereocenters. The Hall–Kier alpha value is -0.900. The van der Waals surface area contributed by atoms with Gasteiger partial charge in [-0.25, -0.2) is 4.39 Å². The van der Waals surface area contributed by atoms with Crippen LogP contribution in [0.1, 0.15) is 19.4 Å². The summed E-state index contributed by atoms with van der Waals surface area (Å²) < 4.78 is 23.6. The zero-order valence-corrected chi connectivity index (χ0v) is 10.7. The highest BCUT2D eigenvalue weighted by atomic mass is 35.5. The Bertz CT molecular complexity index is 374. The van der Waals surface area contributed by atoms with Crippen LogP contribution in [0.25, 0.3) is 6.08 Å². The molecule has 94 valence electrons. The average Bonchev–Trinajstić information content (AvgIpc) is 2.31.